The van der Waals surface area contributed by atoms with Gasteiger partial charge in [0, 0.05) is 0 Å². The van der Waals surface area contributed by atoms with Gasteiger partial charge in [-0.1, -0.05) is 13.3 Å². The monoisotopic (exact) mass is 208 g/mol. The van der Waals surface area contributed by atoms with Crippen LogP contribution in [0.5, 0.6) is 0 Å². The molecule has 1 nitrogen and oxygen atoms in total. The molecule has 4 rings (SSSR count). The molecule has 0 saturated heterocycles. The maximum absolute atomic E-state index is 10.4. The van der Waals surface area contributed by atoms with Crippen LogP contribution in [0.4, 0.5) is 0 Å². The summed E-state index contributed by atoms with van der Waals surface area (Å²) in [5, 5.41) is 10.4. The molecule has 0 amide bonds. The second-order valence-corrected chi connectivity index (χ2v) is 6.58. The van der Waals surface area contributed by atoms with Crippen molar-refractivity contribution in [3.8, 4) is 0 Å². The topological polar surface area (TPSA) is 20.2 Å². The predicted molar refractivity (Wildman–Crippen MR) is 61.5 cm³/mol. The fraction of sp³-hybridized carbons (Fsp3) is 1.00. The van der Waals surface area contributed by atoms with Crippen LogP contribution in [0.2, 0.25) is 0 Å². The molecular formula is C14H24O. The summed E-state index contributed by atoms with van der Waals surface area (Å²) >= 11 is 0. The molecule has 86 valence electrons. The molecule has 0 aliphatic heterocycles. The van der Waals surface area contributed by atoms with E-state index in [1.807, 2.05) is 0 Å². The molecule has 4 aliphatic carbocycles. The van der Waals surface area contributed by atoms with Gasteiger partial charge in [-0.3, -0.25) is 0 Å². The van der Waals surface area contributed by atoms with E-state index in [1.165, 1.54) is 38.5 Å². The van der Waals surface area contributed by atoms with Crippen molar-refractivity contribution in [2.45, 2.75) is 64.4 Å². The summed E-state index contributed by atoms with van der Waals surface area (Å²) in [6.07, 6.45) is 10.7. The first-order valence-corrected chi connectivity index (χ1v) is 6.90. The van der Waals surface area contributed by atoms with Crippen molar-refractivity contribution in [1.29, 1.82) is 0 Å². The van der Waals surface area contributed by atoms with Crippen molar-refractivity contribution >= 4 is 0 Å². The quantitative estimate of drug-likeness (QED) is 0.754. The molecule has 0 aromatic carbocycles. The number of hydrogen-bond donors (Lipinski definition) is 1. The van der Waals surface area contributed by atoms with Gasteiger partial charge in [0.2, 0.25) is 0 Å². The highest BCUT2D eigenvalue weighted by molar-refractivity contribution is 5.04. The average Bonchev–Trinajstić information content (AvgIpc) is 2.15. The molecule has 0 aromatic heterocycles. The molecule has 1 atom stereocenters. The average molecular weight is 208 g/mol. The van der Waals surface area contributed by atoms with Crippen molar-refractivity contribution in [3.63, 3.8) is 0 Å². The fourth-order valence-corrected chi connectivity index (χ4v) is 5.17. The van der Waals surface area contributed by atoms with Crippen LogP contribution in [-0.4, -0.2) is 11.2 Å². The van der Waals surface area contributed by atoms with Crippen molar-refractivity contribution in [2.75, 3.05) is 0 Å². The highest BCUT2D eigenvalue weighted by atomic mass is 16.3. The molecule has 1 unspecified atom stereocenters. The molecule has 4 fully saturated rings. The molecule has 0 radical (unpaired) electrons. The minimum atomic E-state index is 0.0101. The molecular weight excluding hydrogens is 184 g/mol. The minimum absolute atomic E-state index is 0.0101. The van der Waals surface area contributed by atoms with Gasteiger partial charge in [-0.05, 0) is 68.1 Å². The molecule has 4 saturated carbocycles. The van der Waals surface area contributed by atoms with Crippen LogP contribution in [0.1, 0.15) is 58.3 Å². The Bertz CT molecular complexity index is 210. The molecule has 0 spiro atoms. The van der Waals surface area contributed by atoms with E-state index in [0.717, 1.165) is 30.6 Å². The Hall–Kier alpha value is -0.0400. The van der Waals surface area contributed by atoms with E-state index in [0.29, 0.717) is 5.41 Å². The van der Waals surface area contributed by atoms with Gasteiger partial charge in [0.1, 0.15) is 0 Å². The van der Waals surface area contributed by atoms with Crippen molar-refractivity contribution in [1.82, 2.24) is 0 Å². The highest BCUT2D eigenvalue weighted by Crippen LogP contribution is 2.61. The van der Waals surface area contributed by atoms with Crippen LogP contribution < -0.4 is 0 Å². The Kier molecular flexibility index (Phi) is 2.35. The first-order valence-electron chi connectivity index (χ1n) is 6.90. The van der Waals surface area contributed by atoms with Crippen LogP contribution >= 0.6 is 0 Å². The van der Waals surface area contributed by atoms with Crippen LogP contribution in [-0.2, 0) is 0 Å². The smallest absolute Gasteiger partial charge is 0.0596 e. The van der Waals surface area contributed by atoms with E-state index in [9.17, 15) is 5.11 Å². The van der Waals surface area contributed by atoms with Gasteiger partial charge in [0.25, 0.3) is 0 Å². The Morgan fingerprint density at radius 3 is 1.93 bits per heavy atom. The molecule has 1 heteroatoms. The second-order valence-electron chi connectivity index (χ2n) is 6.58. The standard InChI is InChI=1S/C14H24O/c1-2-3-13(15)14-7-10-4-11(8-14)6-12(5-10)9-14/h10-13,15H,2-9H2,1H3. The largest absolute Gasteiger partial charge is 0.393 e. The third-order valence-corrected chi connectivity index (χ3v) is 5.35. The van der Waals surface area contributed by atoms with Crippen LogP contribution in [0, 0.1) is 23.2 Å². The number of hydrogen-bond acceptors (Lipinski definition) is 1. The molecule has 4 aliphatic rings. The van der Waals surface area contributed by atoms with Gasteiger partial charge in [-0.2, -0.15) is 0 Å². The van der Waals surface area contributed by atoms with E-state index in [4.69, 9.17) is 0 Å². The summed E-state index contributed by atoms with van der Waals surface area (Å²) in [5.41, 5.74) is 0.366. The summed E-state index contributed by atoms with van der Waals surface area (Å²) in [5.74, 6) is 2.92. The minimum Gasteiger partial charge on any atom is -0.393 e. The summed E-state index contributed by atoms with van der Waals surface area (Å²) in [4.78, 5) is 0. The lowest BCUT2D eigenvalue weighted by Gasteiger charge is -2.58. The van der Waals surface area contributed by atoms with Gasteiger partial charge in [0.05, 0.1) is 6.10 Å². The van der Waals surface area contributed by atoms with E-state index in [1.54, 1.807) is 0 Å². The Labute approximate surface area is 93.3 Å². The molecule has 0 aromatic rings. The summed E-state index contributed by atoms with van der Waals surface area (Å²) in [7, 11) is 0. The number of aliphatic hydroxyl groups excluding tert-OH is 1. The van der Waals surface area contributed by atoms with E-state index < -0.39 is 0 Å². The normalized spacial score (nSPS) is 49.6. The highest BCUT2D eigenvalue weighted by Gasteiger charge is 2.53. The first-order chi connectivity index (χ1) is 7.22. The summed E-state index contributed by atoms with van der Waals surface area (Å²) < 4.78 is 0. The number of rotatable bonds is 3. The lowest BCUT2D eigenvalue weighted by Crippen LogP contribution is -2.51. The van der Waals surface area contributed by atoms with Crippen LogP contribution in [0.25, 0.3) is 0 Å². The zero-order valence-corrected chi connectivity index (χ0v) is 9.91. The van der Waals surface area contributed by atoms with Gasteiger partial charge < -0.3 is 5.11 Å². The zero-order valence-electron chi connectivity index (χ0n) is 9.91. The summed E-state index contributed by atoms with van der Waals surface area (Å²) in [6.45, 7) is 2.20. The Balaban J connectivity index is 1.80. The Morgan fingerprint density at radius 1 is 1.07 bits per heavy atom. The molecule has 4 bridgehead atoms. The third-order valence-electron chi connectivity index (χ3n) is 5.35. The lowest BCUT2D eigenvalue weighted by atomic mass is 9.48. The van der Waals surface area contributed by atoms with Gasteiger partial charge in [0.15, 0.2) is 0 Å². The first kappa shape index (κ1) is 10.1. The van der Waals surface area contributed by atoms with Gasteiger partial charge in [-0.25, -0.2) is 0 Å². The van der Waals surface area contributed by atoms with Crippen molar-refractivity contribution < 1.29 is 5.11 Å². The van der Waals surface area contributed by atoms with E-state index in [-0.39, 0.29) is 6.10 Å². The van der Waals surface area contributed by atoms with Gasteiger partial charge >= 0.3 is 0 Å². The van der Waals surface area contributed by atoms with Gasteiger partial charge in [-0.15, -0.1) is 0 Å². The SMILES string of the molecule is CCCC(O)C12CC3CC(CC(C3)C1)C2. The second kappa shape index (κ2) is 3.48. The molecule has 0 heterocycles. The lowest BCUT2D eigenvalue weighted by molar-refractivity contribution is -0.122. The molecule has 15 heavy (non-hydrogen) atoms. The van der Waals surface area contributed by atoms with Crippen molar-refractivity contribution in [3.05, 3.63) is 0 Å². The Morgan fingerprint density at radius 2 is 1.53 bits per heavy atom. The van der Waals surface area contributed by atoms with Crippen LogP contribution in [0.15, 0.2) is 0 Å². The maximum atomic E-state index is 10.4. The van der Waals surface area contributed by atoms with E-state index in [2.05, 4.69) is 6.92 Å². The fourth-order valence-electron chi connectivity index (χ4n) is 5.17. The van der Waals surface area contributed by atoms with Crippen molar-refractivity contribution in [2.24, 2.45) is 23.2 Å². The molecule has 1 N–H and O–H groups in total. The van der Waals surface area contributed by atoms with E-state index >= 15 is 0 Å². The summed E-state index contributed by atoms with van der Waals surface area (Å²) in [6, 6.07) is 0. The third kappa shape index (κ3) is 1.54. The maximum Gasteiger partial charge on any atom is 0.0596 e. The number of aliphatic hydroxyl groups is 1. The van der Waals surface area contributed by atoms with Crippen LogP contribution in [0.3, 0.4) is 0 Å². The zero-order chi connectivity index (χ0) is 10.5. The predicted octanol–water partition coefficient (Wildman–Crippen LogP) is 3.36.